The van der Waals surface area contributed by atoms with Gasteiger partial charge in [0.15, 0.2) is 5.82 Å². The minimum absolute atomic E-state index is 0.0764. The summed E-state index contributed by atoms with van der Waals surface area (Å²) >= 11 is 0. The fourth-order valence-corrected chi connectivity index (χ4v) is 0.696. The number of azide groups is 1. The topological polar surface area (TPSA) is 75.7 Å². The maximum atomic E-state index is 10.8. The molecule has 1 rings (SSSR count). The molecule has 5 nitrogen and oxygen atoms in total. The lowest BCUT2D eigenvalue weighted by Crippen LogP contribution is -2.24. The van der Waals surface area contributed by atoms with Crippen molar-refractivity contribution in [3.8, 4) is 0 Å². The molecule has 0 fully saturated rings. The van der Waals surface area contributed by atoms with Crippen LogP contribution in [0, 0.1) is 12.1 Å². The Morgan fingerprint density at radius 3 is 3.09 bits per heavy atom. The number of nitrogens with zero attached hydrogens (tertiary/aromatic N) is 4. The third kappa shape index (κ3) is 1.59. The van der Waals surface area contributed by atoms with Gasteiger partial charge < -0.3 is 5.21 Å². The molecule has 0 radical (unpaired) electrons. The lowest BCUT2D eigenvalue weighted by atomic mass is 10.3. The molecule has 0 saturated carbocycles. The smallest absolute Gasteiger partial charge is 0.191 e. The van der Waals surface area contributed by atoms with E-state index < -0.39 is 0 Å². The van der Waals surface area contributed by atoms with Crippen LogP contribution >= 0.6 is 0 Å². The number of pyridine rings is 1. The predicted molar refractivity (Wildman–Crippen MR) is 38.9 cm³/mol. The van der Waals surface area contributed by atoms with E-state index in [0.717, 1.165) is 5.56 Å². The molecular weight excluding hydrogens is 144 g/mol. The summed E-state index contributed by atoms with van der Waals surface area (Å²) in [4.78, 5) is 2.51. The van der Waals surface area contributed by atoms with Crippen molar-refractivity contribution >= 4 is 5.82 Å². The summed E-state index contributed by atoms with van der Waals surface area (Å²) in [6.45, 7) is 1.82. The molecule has 0 unspecified atom stereocenters. The van der Waals surface area contributed by atoms with Crippen LogP contribution in [-0.4, -0.2) is 0 Å². The molecule has 0 aliphatic rings. The average molecular weight is 150 g/mol. The summed E-state index contributed by atoms with van der Waals surface area (Å²) in [7, 11) is 0. The molecule has 0 bridgehead atoms. The van der Waals surface area contributed by atoms with E-state index in [-0.39, 0.29) is 5.82 Å². The number of hydrogen-bond donors (Lipinski definition) is 0. The quantitative estimate of drug-likeness (QED) is 0.197. The number of aromatic nitrogens is 1. The van der Waals surface area contributed by atoms with Gasteiger partial charge in [-0.05, 0) is 35.3 Å². The molecule has 0 aromatic carbocycles. The summed E-state index contributed by atoms with van der Waals surface area (Å²) < 4.78 is 0.521. The van der Waals surface area contributed by atoms with E-state index in [4.69, 9.17) is 5.53 Å². The second-order valence-corrected chi connectivity index (χ2v) is 2.08. The zero-order chi connectivity index (χ0) is 8.27. The first kappa shape index (κ1) is 7.37. The van der Waals surface area contributed by atoms with E-state index >= 15 is 0 Å². The van der Waals surface area contributed by atoms with Crippen LogP contribution in [0.1, 0.15) is 5.56 Å². The molecule has 1 heterocycles. The number of aryl methyl sites for hydroxylation is 1. The molecule has 1 aromatic heterocycles. The van der Waals surface area contributed by atoms with Crippen LogP contribution in [0.4, 0.5) is 5.82 Å². The first-order chi connectivity index (χ1) is 5.24. The van der Waals surface area contributed by atoms with Gasteiger partial charge in [-0.3, -0.25) is 4.73 Å². The van der Waals surface area contributed by atoms with Gasteiger partial charge in [0.2, 0.25) is 0 Å². The SMILES string of the molecule is Cc1cc[n+]([O-])c(N=[N+]=[N-])c1. The fourth-order valence-electron chi connectivity index (χ4n) is 0.696. The van der Waals surface area contributed by atoms with Gasteiger partial charge >= 0.3 is 0 Å². The number of rotatable bonds is 1. The predicted octanol–water partition coefficient (Wildman–Crippen LogP) is 1.57. The Balaban J connectivity index is 3.22. The van der Waals surface area contributed by atoms with Crippen molar-refractivity contribution < 1.29 is 4.73 Å². The van der Waals surface area contributed by atoms with Crippen molar-refractivity contribution in [2.24, 2.45) is 5.11 Å². The van der Waals surface area contributed by atoms with Gasteiger partial charge in [0.25, 0.3) is 0 Å². The maximum Gasteiger partial charge on any atom is 0.191 e. The first-order valence-corrected chi connectivity index (χ1v) is 2.99. The second-order valence-electron chi connectivity index (χ2n) is 2.08. The average Bonchev–Trinajstić information content (AvgIpc) is 1.98. The van der Waals surface area contributed by atoms with Crippen LogP contribution in [0.25, 0.3) is 10.4 Å². The number of hydrogen-bond acceptors (Lipinski definition) is 2. The van der Waals surface area contributed by atoms with Crippen LogP contribution in [0.3, 0.4) is 0 Å². The van der Waals surface area contributed by atoms with E-state index in [0.29, 0.717) is 4.73 Å². The zero-order valence-corrected chi connectivity index (χ0v) is 5.93. The first-order valence-electron chi connectivity index (χ1n) is 2.99. The Morgan fingerprint density at radius 1 is 1.73 bits per heavy atom. The molecule has 11 heavy (non-hydrogen) atoms. The van der Waals surface area contributed by atoms with Crippen molar-refractivity contribution in [2.45, 2.75) is 6.92 Å². The van der Waals surface area contributed by atoms with Crippen LogP contribution in [0.2, 0.25) is 0 Å². The highest BCUT2D eigenvalue weighted by atomic mass is 16.5. The van der Waals surface area contributed by atoms with Crippen LogP contribution in [-0.2, 0) is 0 Å². The molecule has 56 valence electrons. The summed E-state index contributed by atoms with van der Waals surface area (Å²) in [5.74, 6) is 0.0764. The molecule has 0 aliphatic carbocycles. The molecule has 5 heteroatoms. The Kier molecular flexibility index (Phi) is 1.94. The maximum absolute atomic E-state index is 10.8. The Bertz CT molecular complexity index is 316. The van der Waals surface area contributed by atoms with Gasteiger partial charge in [-0.25, -0.2) is 0 Å². The van der Waals surface area contributed by atoms with Crippen molar-refractivity contribution in [3.05, 3.63) is 39.5 Å². The van der Waals surface area contributed by atoms with E-state index in [2.05, 4.69) is 10.0 Å². The van der Waals surface area contributed by atoms with Gasteiger partial charge in [0.1, 0.15) is 0 Å². The lowest BCUT2D eigenvalue weighted by Gasteiger charge is -2.05. The lowest BCUT2D eigenvalue weighted by molar-refractivity contribution is -0.591. The van der Waals surface area contributed by atoms with Crippen molar-refractivity contribution in [1.82, 2.24) is 0 Å². The van der Waals surface area contributed by atoms with Crippen molar-refractivity contribution in [1.29, 1.82) is 0 Å². The van der Waals surface area contributed by atoms with Gasteiger partial charge in [0.05, 0.1) is 6.20 Å². The van der Waals surface area contributed by atoms with Crippen molar-refractivity contribution in [3.63, 3.8) is 0 Å². The largest absolute Gasteiger partial charge is 0.713 e. The van der Waals surface area contributed by atoms with Gasteiger partial charge in [-0.2, -0.15) is 0 Å². The third-order valence-electron chi connectivity index (χ3n) is 1.20. The highest BCUT2D eigenvalue weighted by molar-refractivity contribution is 5.24. The highest BCUT2D eigenvalue weighted by Crippen LogP contribution is 2.06. The van der Waals surface area contributed by atoms with E-state index in [1.165, 1.54) is 12.3 Å². The van der Waals surface area contributed by atoms with Crippen LogP contribution < -0.4 is 4.73 Å². The molecule has 0 amide bonds. The third-order valence-corrected chi connectivity index (χ3v) is 1.20. The standard InChI is InChI=1S/C6H6N4O/c1-5-2-3-10(11)6(4-5)8-9-7/h2-4H,1H3. The van der Waals surface area contributed by atoms with E-state index in [1.807, 2.05) is 6.92 Å². The molecule has 0 N–H and O–H groups in total. The normalized spacial score (nSPS) is 8.82. The molecule has 0 aliphatic heterocycles. The van der Waals surface area contributed by atoms with Gasteiger partial charge in [-0.15, -0.1) is 0 Å². The van der Waals surface area contributed by atoms with Crippen molar-refractivity contribution in [2.75, 3.05) is 0 Å². The summed E-state index contributed by atoms with van der Waals surface area (Å²) in [6, 6.07) is 3.16. The Morgan fingerprint density at radius 2 is 2.45 bits per heavy atom. The highest BCUT2D eigenvalue weighted by Gasteiger charge is 1.94. The second kappa shape index (κ2) is 2.90. The minimum Gasteiger partial charge on any atom is -0.713 e. The minimum atomic E-state index is 0.0764. The molecule has 0 spiro atoms. The van der Waals surface area contributed by atoms with E-state index in [9.17, 15) is 5.21 Å². The molecular formula is C6H6N4O. The van der Waals surface area contributed by atoms with E-state index in [1.54, 1.807) is 6.07 Å². The van der Waals surface area contributed by atoms with Gasteiger partial charge in [0, 0.05) is 4.91 Å². The summed E-state index contributed by atoms with van der Waals surface area (Å²) in [5, 5.41) is 14.0. The molecule has 0 saturated heterocycles. The van der Waals surface area contributed by atoms with Crippen LogP contribution in [0.5, 0.6) is 0 Å². The molecule has 1 aromatic rings. The van der Waals surface area contributed by atoms with Crippen LogP contribution in [0.15, 0.2) is 23.4 Å². The Hall–Kier alpha value is -1.74. The summed E-state index contributed by atoms with van der Waals surface area (Å²) in [6.07, 6.45) is 1.30. The Labute approximate surface area is 63.1 Å². The zero-order valence-electron chi connectivity index (χ0n) is 5.93. The molecule has 0 atom stereocenters. The summed E-state index contributed by atoms with van der Waals surface area (Å²) in [5.41, 5.74) is 8.93. The van der Waals surface area contributed by atoms with Gasteiger partial charge in [-0.1, -0.05) is 0 Å². The monoisotopic (exact) mass is 150 g/mol. The fraction of sp³-hybridized carbons (Fsp3) is 0.167.